The topological polar surface area (TPSA) is 28.2 Å². The maximum atomic E-state index is 13.8. The van der Waals surface area contributed by atoms with Crippen molar-refractivity contribution in [3.05, 3.63) is 64.7 Å². The summed E-state index contributed by atoms with van der Waals surface area (Å²) >= 11 is 5.79. The molecule has 0 amide bonds. The van der Waals surface area contributed by atoms with Crippen molar-refractivity contribution in [1.29, 1.82) is 0 Å². The molecule has 0 bridgehead atoms. The molecule has 2 heterocycles. The van der Waals surface area contributed by atoms with Crippen LogP contribution < -0.4 is 5.32 Å². The van der Waals surface area contributed by atoms with E-state index in [1.807, 2.05) is 18.3 Å². The molecule has 116 valence electrons. The smallest absolute Gasteiger partial charge is 0.142 e. The number of halogens is 2. The number of hydrogen-bond acceptors (Lipinski definition) is 3. The van der Waals surface area contributed by atoms with E-state index in [1.165, 1.54) is 0 Å². The Balaban J connectivity index is 1.74. The second-order valence-corrected chi connectivity index (χ2v) is 6.14. The largest absolute Gasteiger partial charge is 0.308 e. The molecular weight excluding hydrogens is 301 g/mol. The summed E-state index contributed by atoms with van der Waals surface area (Å²) in [4.78, 5) is 6.38. The lowest BCUT2D eigenvalue weighted by molar-refractivity contribution is 0.285. The fourth-order valence-corrected chi connectivity index (χ4v) is 3.21. The Hall–Kier alpha value is -1.49. The van der Waals surface area contributed by atoms with Crippen molar-refractivity contribution >= 4 is 11.6 Å². The molecule has 0 saturated carbocycles. The van der Waals surface area contributed by atoms with Crippen molar-refractivity contribution in [3.63, 3.8) is 0 Å². The van der Waals surface area contributed by atoms with Gasteiger partial charge in [-0.05, 0) is 42.8 Å². The van der Waals surface area contributed by atoms with Crippen LogP contribution in [0.3, 0.4) is 0 Å². The first kappa shape index (κ1) is 15.4. The van der Waals surface area contributed by atoms with Gasteiger partial charge in [0.05, 0.1) is 5.02 Å². The van der Waals surface area contributed by atoms with Crippen LogP contribution in [0, 0.1) is 5.82 Å². The molecule has 0 radical (unpaired) electrons. The van der Waals surface area contributed by atoms with Crippen LogP contribution in [0.25, 0.3) is 0 Å². The van der Waals surface area contributed by atoms with Crippen molar-refractivity contribution in [3.8, 4) is 0 Å². The second kappa shape index (κ2) is 6.73. The lowest BCUT2D eigenvalue weighted by Gasteiger charge is -2.26. The van der Waals surface area contributed by atoms with Crippen LogP contribution in [0.15, 0.2) is 42.7 Å². The summed E-state index contributed by atoms with van der Waals surface area (Å²) in [5.41, 5.74) is 2.11. The summed E-state index contributed by atoms with van der Waals surface area (Å²) in [5.74, 6) is -0.356. The average molecular weight is 320 g/mol. The fraction of sp³-hybridized carbons (Fsp3) is 0.353. The van der Waals surface area contributed by atoms with Crippen molar-refractivity contribution in [2.45, 2.75) is 25.0 Å². The lowest BCUT2D eigenvalue weighted by Crippen LogP contribution is -2.34. The number of likely N-dealkylation sites (N-methyl/N-ethyl adjacent to an activating group) is 1. The average Bonchev–Trinajstić information content (AvgIpc) is 2.90. The molecule has 1 fully saturated rings. The minimum atomic E-state index is -0.356. The molecular formula is C17H19ClFN3. The molecule has 3 nitrogen and oxygen atoms in total. The zero-order valence-electron chi connectivity index (χ0n) is 12.5. The standard InChI is InChI=1S/C17H19ClFN3/c1-22-8-6-16(21-11-12-3-2-7-20-10-12)17(22)13-4-5-14(18)15(19)9-13/h2-5,7,9-10,16-17,21H,6,8,11H2,1H3/t16-,17-/m0/s1. The molecule has 1 aliphatic heterocycles. The molecule has 1 saturated heterocycles. The lowest BCUT2D eigenvalue weighted by atomic mass is 10.00. The van der Waals surface area contributed by atoms with E-state index < -0.39 is 0 Å². The number of nitrogens with zero attached hydrogens (tertiary/aromatic N) is 2. The third-order valence-electron chi connectivity index (χ3n) is 4.23. The monoisotopic (exact) mass is 319 g/mol. The van der Waals surface area contributed by atoms with Crippen LogP contribution in [0.1, 0.15) is 23.6 Å². The van der Waals surface area contributed by atoms with E-state index >= 15 is 0 Å². The van der Waals surface area contributed by atoms with Crippen LogP contribution in [-0.2, 0) is 6.54 Å². The number of rotatable bonds is 4. The third kappa shape index (κ3) is 3.29. The summed E-state index contributed by atoms with van der Waals surface area (Å²) in [7, 11) is 2.07. The number of pyridine rings is 1. The fourth-order valence-electron chi connectivity index (χ4n) is 3.10. The zero-order chi connectivity index (χ0) is 15.5. The van der Waals surface area contributed by atoms with Crippen LogP contribution in [0.2, 0.25) is 5.02 Å². The highest BCUT2D eigenvalue weighted by Gasteiger charge is 2.32. The molecule has 0 aliphatic carbocycles. The molecule has 1 aromatic heterocycles. The quantitative estimate of drug-likeness (QED) is 0.936. The molecule has 22 heavy (non-hydrogen) atoms. The Morgan fingerprint density at radius 2 is 2.27 bits per heavy atom. The van der Waals surface area contributed by atoms with Crippen molar-refractivity contribution in [2.75, 3.05) is 13.6 Å². The van der Waals surface area contributed by atoms with Crippen molar-refractivity contribution < 1.29 is 4.39 Å². The molecule has 0 unspecified atom stereocenters. The third-order valence-corrected chi connectivity index (χ3v) is 4.53. The molecule has 1 aromatic carbocycles. The van der Waals surface area contributed by atoms with Gasteiger partial charge >= 0.3 is 0 Å². The van der Waals surface area contributed by atoms with Gasteiger partial charge in [-0.25, -0.2) is 4.39 Å². The van der Waals surface area contributed by atoms with Gasteiger partial charge in [0.25, 0.3) is 0 Å². The van der Waals surface area contributed by atoms with Gasteiger partial charge in [0.1, 0.15) is 5.82 Å². The number of aromatic nitrogens is 1. The van der Waals surface area contributed by atoms with E-state index in [1.54, 1.807) is 18.3 Å². The minimum Gasteiger partial charge on any atom is -0.308 e. The molecule has 1 N–H and O–H groups in total. The first-order valence-corrected chi connectivity index (χ1v) is 7.80. The number of likely N-dealkylation sites (tertiary alicyclic amines) is 1. The molecule has 3 rings (SSSR count). The Morgan fingerprint density at radius 1 is 1.41 bits per heavy atom. The Labute approximate surface area is 135 Å². The number of benzene rings is 1. The van der Waals surface area contributed by atoms with Gasteiger partial charge in [0.15, 0.2) is 0 Å². The number of hydrogen-bond donors (Lipinski definition) is 1. The molecule has 2 aromatic rings. The Kier molecular flexibility index (Phi) is 4.71. The van der Waals surface area contributed by atoms with Gasteiger partial charge in [-0.2, -0.15) is 0 Å². The molecule has 0 spiro atoms. The van der Waals surface area contributed by atoms with Gasteiger partial charge in [-0.1, -0.05) is 23.7 Å². The predicted molar refractivity (Wildman–Crippen MR) is 86.3 cm³/mol. The van der Waals surface area contributed by atoms with Gasteiger partial charge < -0.3 is 5.32 Å². The summed E-state index contributed by atoms with van der Waals surface area (Å²) < 4.78 is 13.8. The summed E-state index contributed by atoms with van der Waals surface area (Å²) in [6, 6.07) is 9.52. The summed E-state index contributed by atoms with van der Waals surface area (Å²) in [6.45, 7) is 1.75. The Morgan fingerprint density at radius 3 is 3.00 bits per heavy atom. The summed E-state index contributed by atoms with van der Waals surface area (Å²) in [5, 5.41) is 3.74. The van der Waals surface area contributed by atoms with E-state index in [9.17, 15) is 4.39 Å². The van der Waals surface area contributed by atoms with E-state index in [0.717, 1.165) is 30.6 Å². The van der Waals surface area contributed by atoms with Gasteiger partial charge in [0, 0.05) is 37.6 Å². The maximum absolute atomic E-state index is 13.8. The highest BCUT2D eigenvalue weighted by Crippen LogP contribution is 2.32. The first-order valence-electron chi connectivity index (χ1n) is 7.42. The molecule has 5 heteroatoms. The van der Waals surface area contributed by atoms with E-state index in [4.69, 9.17) is 11.6 Å². The van der Waals surface area contributed by atoms with Crippen molar-refractivity contribution in [1.82, 2.24) is 15.2 Å². The zero-order valence-corrected chi connectivity index (χ0v) is 13.2. The first-order chi connectivity index (χ1) is 10.6. The van der Waals surface area contributed by atoms with E-state index in [2.05, 4.69) is 28.3 Å². The van der Waals surface area contributed by atoms with E-state index in [-0.39, 0.29) is 22.9 Å². The SMILES string of the molecule is CN1CC[C@H](NCc2cccnc2)[C@@H]1c1ccc(Cl)c(F)c1. The Bertz CT molecular complexity index is 635. The predicted octanol–water partition coefficient (Wildman–Crippen LogP) is 3.41. The van der Waals surface area contributed by atoms with Crippen molar-refractivity contribution in [2.24, 2.45) is 0 Å². The highest BCUT2D eigenvalue weighted by molar-refractivity contribution is 6.30. The van der Waals surface area contributed by atoms with Crippen LogP contribution in [0.5, 0.6) is 0 Å². The number of nitrogens with one attached hydrogen (secondary N) is 1. The van der Waals surface area contributed by atoms with E-state index in [0.29, 0.717) is 0 Å². The van der Waals surface area contributed by atoms with Gasteiger partial charge in [-0.3, -0.25) is 9.88 Å². The van der Waals surface area contributed by atoms with Crippen LogP contribution >= 0.6 is 11.6 Å². The normalized spacial score (nSPS) is 22.1. The van der Waals surface area contributed by atoms with Gasteiger partial charge in [0.2, 0.25) is 0 Å². The minimum absolute atomic E-state index is 0.156. The van der Waals surface area contributed by atoms with Gasteiger partial charge in [-0.15, -0.1) is 0 Å². The van der Waals surface area contributed by atoms with Crippen LogP contribution in [0.4, 0.5) is 4.39 Å². The molecule has 2 atom stereocenters. The van der Waals surface area contributed by atoms with Crippen LogP contribution in [-0.4, -0.2) is 29.5 Å². The molecule has 1 aliphatic rings. The summed E-state index contributed by atoms with van der Waals surface area (Å²) in [6.07, 6.45) is 4.67. The maximum Gasteiger partial charge on any atom is 0.142 e. The second-order valence-electron chi connectivity index (χ2n) is 5.74. The highest BCUT2D eigenvalue weighted by atomic mass is 35.5.